The minimum absolute atomic E-state index is 0.0778. The van der Waals surface area contributed by atoms with Gasteiger partial charge >= 0.3 is 5.97 Å². The van der Waals surface area contributed by atoms with E-state index in [1.165, 1.54) is 0 Å². The van der Waals surface area contributed by atoms with E-state index in [0.29, 0.717) is 6.42 Å². The average Bonchev–Trinajstić information content (AvgIpc) is 2.13. The van der Waals surface area contributed by atoms with Crippen LogP contribution in [0, 0.1) is 5.41 Å². The topological polar surface area (TPSA) is 77.5 Å². The molecule has 90 valence electrons. The van der Waals surface area contributed by atoms with Gasteiger partial charge in [0.05, 0.1) is 6.61 Å². The van der Waals surface area contributed by atoms with E-state index >= 15 is 0 Å². The minimum atomic E-state index is -2.27. The molecule has 0 unspecified atom stereocenters. The zero-order chi connectivity index (χ0) is 12.9. The van der Waals surface area contributed by atoms with E-state index in [1.54, 1.807) is 6.92 Å². The number of rotatable bonds is 6. The second-order valence-corrected chi connectivity index (χ2v) is 3.55. The first-order valence-corrected chi connectivity index (χ1v) is 5.02. The molecule has 0 aliphatic carbocycles. The lowest BCUT2D eigenvalue weighted by Crippen LogP contribution is -2.50. The van der Waals surface area contributed by atoms with Crippen molar-refractivity contribution < 1.29 is 23.9 Å². The molecule has 0 spiro atoms. The molecule has 0 amide bonds. The molecule has 0 aromatic rings. The predicted molar refractivity (Wildman–Crippen MR) is 55.7 cm³/mol. The first-order valence-electron chi connectivity index (χ1n) is 5.02. The third-order valence-electron chi connectivity index (χ3n) is 2.33. The van der Waals surface area contributed by atoms with Crippen molar-refractivity contribution in [2.24, 2.45) is 5.41 Å². The maximum atomic E-state index is 11.7. The van der Waals surface area contributed by atoms with Crippen molar-refractivity contribution in [3.05, 3.63) is 0 Å². The van der Waals surface area contributed by atoms with E-state index in [1.807, 2.05) is 0 Å². The van der Waals surface area contributed by atoms with Gasteiger partial charge in [-0.15, -0.1) is 0 Å². The van der Waals surface area contributed by atoms with Gasteiger partial charge in [-0.3, -0.25) is 19.2 Å². The van der Waals surface area contributed by atoms with Crippen LogP contribution in [-0.2, 0) is 23.9 Å². The highest BCUT2D eigenvalue weighted by molar-refractivity contribution is 6.36. The van der Waals surface area contributed by atoms with Gasteiger partial charge in [-0.1, -0.05) is 6.92 Å². The maximum Gasteiger partial charge on any atom is 0.335 e. The van der Waals surface area contributed by atoms with Gasteiger partial charge < -0.3 is 4.74 Å². The molecule has 0 N–H and O–H groups in total. The van der Waals surface area contributed by atoms with Crippen LogP contribution in [0.4, 0.5) is 0 Å². The van der Waals surface area contributed by atoms with Crippen LogP contribution in [0.15, 0.2) is 0 Å². The summed E-state index contributed by atoms with van der Waals surface area (Å²) in [6.45, 7) is 4.96. The van der Waals surface area contributed by atoms with Crippen LogP contribution in [0.1, 0.15) is 34.1 Å². The quantitative estimate of drug-likeness (QED) is 0.493. The lowest BCUT2D eigenvalue weighted by atomic mass is 9.77. The molecule has 0 atom stereocenters. The van der Waals surface area contributed by atoms with E-state index in [4.69, 9.17) is 4.74 Å². The first kappa shape index (κ1) is 14.5. The number of Topliss-reactive ketones (excluding diaryl/α,β-unsaturated/α-hetero) is 3. The Kier molecular flexibility index (Phi) is 5.01. The summed E-state index contributed by atoms with van der Waals surface area (Å²) in [5.74, 6) is -3.46. The molecule has 0 aliphatic heterocycles. The predicted octanol–water partition coefficient (Wildman–Crippen LogP) is 0.693. The van der Waals surface area contributed by atoms with Crippen LogP contribution in [0.5, 0.6) is 0 Å². The smallest absolute Gasteiger partial charge is 0.335 e. The first-order chi connectivity index (χ1) is 7.31. The fourth-order valence-electron chi connectivity index (χ4n) is 1.48. The standard InChI is InChI=1S/C11H16O5/c1-5-6-16-10(15)11(7(2)12,8(3)13)9(4)14/h5-6H2,1-4H3. The van der Waals surface area contributed by atoms with Gasteiger partial charge in [0.1, 0.15) is 0 Å². The summed E-state index contributed by atoms with van der Waals surface area (Å²) in [5, 5.41) is 0. The number of ether oxygens (including phenoxy) is 1. The summed E-state index contributed by atoms with van der Waals surface area (Å²) in [5.41, 5.74) is -2.27. The van der Waals surface area contributed by atoms with Gasteiger partial charge in [0.2, 0.25) is 5.41 Å². The Morgan fingerprint density at radius 1 is 0.938 bits per heavy atom. The Balaban J connectivity index is 5.37. The molecule has 5 heteroatoms. The van der Waals surface area contributed by atoms with Crippen LogP contribution in [0.3, 0.4) is 0 Å². The Hall–Kier alpha value is -1.52. The van der Waals surface area contributed by atoms with E-state index in [0.717, 1.165) is 20.8 Å². The van der Waals surface area contributed by atoms with Crippen molar-refractivity contribution in [3.8, 4) is 0 Å². The van der Waals surface area contributed by atoms with Gasteiger partial charge in [-0.2, -0.15) is 0 Å². The van der Waals surface area contributed by atoms with Crippen LogP contribution in [0.25, 0.3) is 0 Å². The van der Waals surface area contributed by atoms with Gasteiger partial charge in [0.25, 0.3) is 0 Å². The third-order valence-corrected chi connectivity index (χ3v) is 2.33. The van der Waals surface area contributed by atoms with Crippen molar-refractivity contribution >= 4 is 23.3 Å². The summed E-state index contributed by atoms with van der Waals surface area (Å²) in [7, 11) is 0. The number of carbonyl (C=O) groups is 4. The van der Waals surface area contributed by atoms with Crippen molar-refractivity contribution in [3.63, 3.8) is 0 Å². The van der Waals surface area contributed by atoms with E-state index < -0.39 is 28.7 Å². The molecular weight excluding hydrogens is 212 g/mol. The molecule has 0 saturated heterocycles. The molecule has 0 heterocycles. The number of hydrogen-bond donors (Lipinski definition) is 0. The third kappa shape index (κ3) is 2.35. The fourth-order valence-corrected chi connectivity index (χ4v) is 1.48. The molecule has 5 nitrogen and oxygen atoms in total. The van der Waals surface area contributed by atoms with Crippen molar-refractivity contribution in [2.75, 3.05) is 6.61 Å². The second kappa shape index (κ2) is 5.53. The van der Waals surface area contributed by atoms with Crippen molar-refractivity contribution in [1.82, 2.24) is 0 Å². The Bertz CT molecular complexity index is 293. The summed E-state index contributed by atoms with van der Waals surface area (Å²) in [4.78, 5) is 45.9. The zero-order valence-electron chi connectivity index (χ0n) is 9.96. The van der Waals surface area contributed by atoms with Crippen molar-refractivity contribution in [1.29, 1.82) is 0 Å². The molecule has 0 aromatic heterocycles. The summed E-state index contributed by atoms with van der Waals surface area (Å²) in [6.07, 6.45) is 0.551. The zero-order valence-corrected chi connectivity index (χ0v) is 9.96. The molecule has 0 saturated carbocycles. The minimum Gasteiger partial charge on any atom is -0.464 e. The summed E-state index contributed by atoms with van der Waals surface area (Å²) < 4.78 is 4.74. The van der Waals surface area contributed by atoms with Crippen LogP contribution in [-0.4, -0.2) is 29.9 Å². The highest BCUT2D eigenvalue weighted by atomic mass is 16.5. The Morgan fingerprint density at radius 3 is 1.56 bits per heavy atom. The SMILES string of the molecule is CCCOC(=O)C(C(C)=O)(C(C)=O)C(C)=O. The van der Waals surface area contributed by atoms with E-state index in [2.05, 4.69) is 0 Å². The largest absolute Gasteiger partial charge is 0.464 e. The lowest BCUT2D eigenvalue weighted by molar-refractivity contribution is -0.166. The lowest BCUT2D eigenvalue weighted by Gasteiger charge is -2.23. The van der Waals surface area contributed by atoms with Gasteiger partial charge in [0, 0.05) is 0 Å². The maximum absolute atomic E-state index is 11.7. The Morgan fingerprint density at radius 2 is 1.31 bits per heavy atom. The molecule has 0 aromatic carbocycles. The molecule has 0 radical (unpaired) electrons. The van der Waals surface area contributed by atoms with Gasteiger partial charge in [0.15, 0.2) is 17.3 Å². The van der Waals surface area contributed by atoms with E-state index in [9.17, 15) is 19.2 Å². The number of hydrogen-bond acceptors (Lipinski definition) is 5. The fraction of sp³-hybridized carbons (Fsp3) is 0.636. The summed E-state index contributed by atoms with van der Waals surface area (Å²) in [6, 6.07) is 0. The van der Waals surface area contributed by atoms with Crippen LogP contribution < -0.4 is 0 Å². The van der Waals surface area contributed by atoms with Crippen molar-refractivity contribution in [2.45, 2.75) is 34.1 Å². The monoisotopic (exact) mass is 228 g/mol. The average molecular weight is 228 g/mol. The van der Waals surface area contributed by atoms with E-state index in [-0.39, 0.29) is 6.61 Å². The number of esters is 1. The highest BCUT2D eigenvalue weighted by Gasteiger charge is 2.54. The molecule has 0 bridgehead atoms. The number of ketones is 3. The molecule has 0 rings (SSSR count). The normalized spacial score (nSPS) is 10.8. The second-order valence-electron chi connectivity index (χ2n) is 3.55. The van der Waals surface area contributed by atoms with Gasteiger partial charge in [-0.25, -0.2) is 0 Å². The van der Waals surface area contributed by atoms with Crippen LogP contribution in [0.2, 0.25) is 0 Å². The van der Waals surface area contributed by atoms with Crippen LogP contribution >= 0.6 is 0 Å². The molecule has 0 aliphatic rings. The molecule has 16 heavy (non-hydrogen) atoms. The van der Waals surface area contributed by atoms with Gasteiger partial charge in [-0.05, 0) is 27.2 Å². The Labute approximate surface area is 94.1 Å². The molecular formula is C11H16O5. The summed E-state index contributed by atoms with van der Waals surface area (Å²) >= 11 is 0. The molecule has 0 fully saturated rings. The highest BCUT2D eigenvalue weighted by Crippen LogP contribution is 2.24. The number of carbonyl (C=O) groups excluding carboxylic acids is 4.